The van der Waals surface area contributed by atoms with Crippen LogP contribution in [0.3, 0.4) is 0 Å². The highest BCUT2D eigenvalue weighted by molar-refractivity contribution is 14.0. The molecular formula is C15H23FIN3. The summed E-state index contributed by atoms with van der Waals surface area (Å²) in [6.07, 6.45) is 3.09. The number of hydrogen-bond acceptors (Lipinski definition) is 1. The molecule has 0 unspecified atom stereocenters. The fraction of sp³-hybridized carbons (Fsp3) is 0.533. The minimum atomic E-state index is -0.195. The van der Waals surface area contributed by atoms with Crippen LogP contribution < -0.4 is 5.73 Å². The summed E-state index contributed by atoms with van der Waals surface area (Å²) in [5.41, 5.74) is 6.95. The van der Waals surface area contributed by atoms with Crippen LogP contribution in [0.5, 0.6) is 0 Å². The third-order valence-corrected chi connectivity index (χ3v) is 3.67. The van der Waals surface area contributed by atoms with Crippen molar-refractivity contribution in [2.24, 2.45) is 16.6 Å². The zero-order valence-electron chi connectivity index (χ0n) is 11.9. The summed E-state index contributed by atoms with van der Waals surface area (Å²) in [6.45, 7) is 4.88. The first-order valence-electron chi connectivity index (χ1n) is 6.94. The SMILES string of the molecule is CC1CCN(C(N)=NCCc2cccc(F)c2)CC1.I. The maximum absolute atomic E-state index is 13.0. The van der Waals surface area contributed by atoms with Crippen LogP contribution in [0.2, 0.25) is 0 Å². The van der Waals surface area contributed by atoms with Crippen LogP contribution in [-0.2, 0) is 6.42 Å². The Hall–Kier alpha value is -0.850. The molecule has 0 bridgehead atoms. The van der Waals surface area contributed by atoms with Gasteiger partial charge in [-0.1, -0.05) is 19.1 Å². The van der Waals surface area contributed by atoms with Crippen molar-refractivity contribution < 1.29 is 4.39 Å². The molecule has 20 heavy (non-hydrogen) atoms. The molecule has 2 rings (SSSR count). The number of rotatable bonds is 3. The summed E-state index contributed by atoms with van der Waals surface area (Å²) >= 11 is 0. The van der Waals surface area contributed by atoms with Crippen LogP contribution in [0.15, 0.2) is 29.3 Å². The molecule has 1 heterocycles. The first kappa shape index (κ1) is 17.2. The Morgan fingerprint density at radius 2 is 2.10 bits per heavy atom. The van der Waals surface area contributed by atoms with E-state index in [0.29, 0.717) is 12.5 Å². The molecule has 0 aliphatic carbocycles. The highest BCUT2D eigenvalue weighted by atomic mass is 127. The Labute approximate surface area is 137 Å². The van der Waals surface area contributed by atoms with Crippen LogP contribution in [0, 0.1) is 11.7 Å². The number of halogens is 2. The standard InChI is InChI=1S/C15H22FN3.HI/c1-12-6-9-19(10-7-12)15(17)18-8-5-13-3-2-4-14(16)11-13;/h2-4,11-12H,5-10H2,1H3,(H2,17,18);1H. The zero-order valence-corrected chi connectivity index (χ0v) is 14.2. The summed E-state index contributed by atoms with van der Waals surface area (Å²) in [7, 11) is 0. The fourth-order valence-corrected chi connectivity index (χ4v) is 2.33. The average molecular weight is 391 g/mol. The second-order valence-electron chi connectivity index (χ2n) is 5.29. The largest absolute Gasteiger partial charge is 0.370 e. The first-order valence-corrected chi connectivity index (χ1v) is 6.94. The van der Waals surface area contributed by atoms with Crippen molar-refractivity contribution in [1.82, 2.24) is 4.90 Å². The van der Waals surface area contributed by atoms with Crippen LogP contribution in [-0.4, -0.2) is 30.5 Å². The number of hydrogen-bond donors (Lipinski definition) is 1. The molecule has 1 fully saturated rings. The van der Waals surface area contributed by atoms with E-state index >= 15 is 0 Å². The van der Waals surface area contributed by atoms with Gasteiger partial charge in [0.15, 0.2) is 5.96 Å². The molecule has 0 amide bonds. The molecule has 1 aliphatic rings. The van der Waals surface area contributed by atoms with Crippen LogP contribution >= 0.6 is 24.0 Å². The minimum absolute atomic E-state index is 0. The molecule has 2 N–H and O–H groups in total. The average Bonchev–Trinajstić information content (AvgIpc) is 2.39. The molecule has 0 spiro atoms. The molecule has 0 atom stereocenters. The van der Waals surface area contributed by atoms with Gasteiger partial charge < -0.3 is 10.6 Å². The van der Waals surface area contributed by atoms with Gasteiger partial charge in [-0.3, -0.25) is 4.99 Å². The molecule has 1 aromatic carbocycles. The Balaban J connectivity index is 0.00000200. The molecule has 5 heteroatoms. The van der Waals surface area contributed by atoms with Crippen molar-refractivity contribution in [2.45, 2.75) is 26.2 Å². The summed E-state index contributed by atoms with van der Waals surface area (Å²) in [5.74, 6) is 1.22. The van der Waals surface area contributed by atoms with E-state index < -0.39 is 0 Å². The van der Waals surface area contributed by atoms with Crippen molar-refractivity contribution in [3.63, 3.8) is 0 Å². The lowest BCUT2D eigenvalue weighted by Crippen LogP contribution is -2.42. The molecule has 0 saturated carbocycles. The lowest BCUT2D eigenvalue weighted by molar-refractivity contribution is 0.277. The van der Waals surface area contributed by atoms with Gasteiger partial charge in [0.2, 0.25) is 0 Å². The van der Waals surface area contributed by atoms with Crippen molar-refractivity contribution in [3.05, 3.63) is 35.6 Å². The maximum atomic E-state index is 13.0. The van der Waals surface area contributed by atoms with E-state index in [9.17, 15) is 4.39 Å². The second-order valence-corrected chi connectivity index (χ2v) is 5.29. The van der Waals surface area contributed by atoms with Crippen molar-refractivity contribution >= 4 is 29.9 Å². The molecule has 3 nitrogen and oxygen atoms in total. The van der Waals surface area contributed by atoms with Crippen molar-refractivity contribution in [1.29, 1.82) is 0 Å². The Bertz CT molecular complexity index is 442. The van der Waals surface area contributed by atoms with Gasteiger partial charge in [0.05, 0.1) is 0 Å². The van der Waals surface area contributed by atoms with E-state index in [1.165, 1.54) is 18.9 Å². The van der Waals surface area contributed by atoms with E-state index in [-0.39, 0.29) is 29.8 Å². The van der Waals surface area contributed by atoms with Gasteiger partial charge >= 0.3 is 0 Å². The Morgan fingerprint density at radius 3 is 2.75 bits per heavy atom. The zero-order chi connectivity index (χ0) is 13.7. The Morgan fingerprint density at radius 1 is 1.40 bits per heavy atom. The third-order valence-electron chi connectivity index (χ3n) is 3.67. The summed E-state index contributed by atoms with van der Waals surface area (Å²) in [5, 5.41) is 0. The molecule has 1 aliphatic heterocycles. The second kappa shape index (κ2) is 8.44. The molecule has 0 aromatic heterocycles. The lowest BCUT2D eigenvalue weighted by Gasteiger charge is -2.31. The van der Waals surface area contributed by atoms with Crippen LogP contribution in [0.1, 0.15) is 25.3 Å². The highest BCUT2D eigenvalue weighted by Gasteiger charge is 2.16. The lowest BCUT2D eigenvalue weighted by atomic mass is 10.00. The number of nitrogens with zero attached hydrogens (tertiary/aromatic N) is 2. The summed E-state index contributed by atoms with van der Waals surface area (Å²) in [6, 6.07) is 6.64. The number of guanidine groups is 1. The fourth-order valence-electron chi connectivity index (χ4n) is 2.33. The summed E-state index contributed by atoms with van der Waals surface area (Å²) < 4.78 is 13.0. The number of piperidine rings is 1. The number of nitrogens with two attached hydrogens (primary N) is 1. The van der Waals surface area contributed by atoms with E-state index in [4.69, 9.17) is 5.73 Å². The van der Waals surface area contributed by atoms with Crippen molar-refractivity contribution in [3.8, 4) is 0 Å². The maximum Gasteiger partial charge on any atom is 0.191 e. The minimum Gasteiger partial charge on any atom is -0.370 e. The van der Waals surface area contributed by atoms with Gasteiger partial charge in [-0.25, -0.2) is 4.39 Å². The Kier molecular flexibility index (Phi) is 7.26. The van der Waals surface area contributed by atoms with E-state index in [0.717, 1.165) is 31.0 Å². The molecule has 1 aromatic rings. The third kappa shape index (κ3) is 5.26. The number of aliphatic imine (C=N–C) groups is 1. The van der Waals surface area contributed by atoms with Gasteiger partial charge in [-0.15, -0.1) is 24.0 Å². The van der Waals surface area contributed by atoms with Gasteiger partial charge in [0, 0.05) is 19.6 Å². The number of likely N-dealkylation sites (tertiary alicyclic amines) is 1. The van der Waals surface area contributed by atoms with Crippen molar-refractivity contribution in [2.75, 3.05) is 19.6 Å². The predicted octanol–water partition coefficient (Wildman–Crippen LogP) is 3.03. The quantitative estimate of drug-likeness (QED) is 0.489. The smallest absolute Gasteiger partial charge is 0.191 e. The highest BCUT2D eigenvalue weighted by Crippen LogP contribution is 2.15. The molecule has 1 saturated heterocycles. The van der Waals surface area contributed by atoms with E-state index in [1.807, 2.05) is 6.07 Å². The first-order chi connectivity index (χ1) is 9.15. The molecular weight excluding hydrogens is 368 g/mol. The van der Waals surface area contributed by atoms with Crippen LogP contribution in [0.4, 0.5) is 4.39 Å². The van der Waals surface area contributed by atoms with Gasteiger partial charge in [0.25, 0.3) is 0 Å². The van der Waals surface area contributed by atoms with Gasteiger partial charge in [0.1, 0.15) is 5.82 Å². The summed E-state index contributed by atoms with van der Waals surface area (Å²) in [4.78, 5) is 6.54. The van der Waals surface area contributed by atoms with E-state index in [1.54, 1.807) is 12.1 Å². The number of benzene rings is 1. The normalized spacial score (nSPS) is 16.9. The molecule has 0 radical (unpaired) electrons. The molecule has 112 valence electrons. The van der Waals surface area contributed by atoms with Gasteiger partial charge in [-0.05, 0) is 42.9 Å². The monoisotopic (exact) mass is 391 g/mol. The predicted molar refractivity (Wildman–Crippen MR) is 92.0 cm³/mol. The van der Waals surface area contributed by atoms with Crippen LogP contribution in [0.25, 0.3) is 0 Å². The van der Waals surface area contributed by atoms with E-state index in [2.05, 4.69) is 16.8 Å². The topological polar surface area (TPSA) is 41.6 Å². The van der Waals surface area contributed by atoms with Gasteiger partial charge in [-0.2, -0.15) is 0 Å².